The molecule has 0 fully saturated rings. The van der Waals surface area contributed by atoms with Crippen LogP contribution < -0.4 is 0 Å². The molecule has 7 nitrogen and oxygen atoms in total. The van der Waals surface area contributed by atoms with Gasteiger partial charge in [0.1, 0.15) is 18.1 Å². The van der Waals surface area contributed by atoms with Crippen molar-refractivity contribution in [2.75, 3.05) is 19.8 Å². The summed E-state index contributed by atoms with van der Waals surface area (Å²) in [7, 11) is 0. The summed E-state index contributed by atoms with van der Waals surface area (Å²) in [4.78, 5) is 37.4. The van der Waals surface area contributed by atoms with E-state index in [-0.39, 0.29) is 49.9 Å². The fourth-order valence-corrected chi connectivity index (χ4v) is 4.61. The molecule has 0 saturated carbocycles. The number of unbranched alkanes of at least 4 members (excludes halogenated alkanes) is 12. The summed E-state index contributed by atoms with van der Waals surface area (Å²) >= 11 is 0. The highest BCUT2D eigenvalue weighted by molar-refractivity contribution is 5.78. The maximum atomic E-state index is 12.9. The van der Waals surface area contributed by atoms with E-state index in [0.29, 0.717) is 19.3 Å². The third kappa shape index (κ3) is 22.0. The minimum absolute atomic E-state index is 0.0336. The first-order valence-electron chi connectivity index (χ1n) is 17.2. The Labute approximate surface area is 258 Å². The molecule has 0 aliphatic heterocycles. The van der Waals surface area contributed by atoms with E-state index in [9.17, 15) is 14.4 Å². The number of hydrogen-bond donors (Lipinski definition) is 0. The molecule has 0 aliphatic carbocycles. The molecule has 0 N–H and O–H groups in total. The number of hydrogen-bond acceptors (Lipinski definition) is 7. The van der Waals surface area contributed by atoms with Crippen LogP contribution in [0.2, 0.25) is 0 Å². The summed E-state index contributed by atoms with van der Waals surface area (Å²) in [5, 5.41) is 0. The Balaban J connectivity index is 4.49. The van der Waals surface area contributed by atoms with Crippen molar-refractivity contribution in [2.45, 2.75) is 176 Å². The van der Waals surface area contributed by atoms with Gasteiger partial charge in [0.05, 0.1) is 25.2 Å². The number of esters is 3. The molecule has 0 spiro atoms. The molecule has 0 rings (SSSR count). The molecule has 0 aromatic heterocycles. The van der Waals surface area contributed by atoms with E-state index in [4.69, 9.17) is 18.9 Å². The first-order valence-corrected chi connectivity index (χ1v) is 17.2. The van der Waals surface area contributed by atoms with Crippen molar-refractivity contribution in [3.05, 3.63) is 0 Å². The standard InChI is InChI=1S/C35H66O7/c1-8-10-12-14-16-19-23-31(24-20-17-15-13-11-9-2)42-32(36)25-21-18-22-26-39-34(38)35(7,27-40-30(5)6)28-41-33(37)29(3)4/h29-31H,8-28H2,1-7H3. The lowest BCUT2D eigenvalue weighted by molar-refractivity contribution is -0.169. The lowest BCUT2D eigenvalue weighted by Gasteiger charge is -2.28. The van der Waals surface area contributed by atoms with Gasteiger partial charge in [-0.1, -0.05) is 91.9 Å². The van der Waals surface area contributed by atoms with Crippen molar-refractivity contribution in [1.29, 1.82) is 0 Å². The zero-order valence-corrected chi connectivity index (χ0v) is 28.4. The molecule has 1 atom stereocenters. The monoisotopic (exact) mass is 598 g/mol. The van der Waals surface area contributed by atoms with Crippen molar-refractivity contribution < 1.29 is 33.3 Å². The zero-order valence-electron chi connectivity index (χ0n) is 28.4. The van der Waals surface area contributed by atoms with Gasteiger partial charge in [-0.2, -0.15) is 0 Å². The summed E-state index contributed by atoms with van der Waals surface area (Å²) in [6, 6.07) is 0. The average Bonchev–Trinajstić information content (AvgIpc) is 2.95. The van der Waals surface area contributed by atoms with Gasteiger partial charge in [0.2, 0.25) is 0 Å². The van der Waals surface area contributed by atoms with Crippen LogP contribution in [0.3, 0.4) is 0 Å². The molecule has 0 saturated heterocycles. The molecule has 1 unspecified atom stereocenters. The molecule has 0 aromatic rings. The third-order valence-electron chi connectivity index (χ3n) is 7.55. The first-order chi connectivity index (χ1) is 20.1. The quantitative estimate of drug-likeness (QED) is 0.0504. The Morgan fingerprint density at radius 2 is 1.17 bits per heavy atom. The Morgan fingerprint density at radius 1 is 0.643 bits per heavy atom. The number of carbonyl (C=O) groups excluding carboxylic acids is 3. The van der Waals surface area contributed by atoms with Crippen molar-refractivity contribution in [3.63, 3.8) is 0 Å². The lowest BCUT2D eigenvalue weighted by Crippen LogP contribution is -2.41. The van der Waals surface area contributed by atoms with Gasteiger partial charge in [-0.05, 0) is 65.7 Å². The molecule has 0 aliphatic rings. The summed E-state index contributed by atoms with van der Waals surface area (Å²) < 4.78 is 22.5. The van der Waals surface area contributed by atoms with Crippen LogP contribution in [-0.2, 0) is 33.3 Å². The van der Waals surface area contributed by atoms with Gasteiger partial charge in [0, 0.05) is 6.42 Å². The average molecular weight is 599 g/mol. The highest BCUT2D eigenvalue weighted by atomic mass is 16.6. The van der Waals surface area contributed by atoms with E-state index in [1.165, 1.54) is 64.2 Å². The van der Waals surface area contributed by atoms with Crippen LogP contribution >= 0.6 is 0 Å². The van der Waals surface area contributed by atoms with Crippen molar-refractivity contribution in [3.8, 4) is 0 Å². The molecule has 0 aromatic carbocycles. The summed E-state index contributed by atoms with van der Waals surface area (Å²) in [5.74, 6) is -1.18. The maximum absolute atomic E-state index is 12.9. The van der Waals surface area contributed by atoms with Crippen LogP contribution in [0.4, 0.5) is 0 Å². The van der Waals surface area contributed by atoms with Crippen LogP contribution in [0.5, 0.6) is 0 Å². The maximum Gasteiger partial charge on any atom is 0.317 e. The van der Waals surface area contributed by atoms with E-state index in [1.807, 2.05) is 13.8 Å². The van der Waals surface area contributed by atoms with Crippen LogP contribution in [0, 0.1) is 11.3 Å². The van der Waals surface area contributed by atoms with E-state index < -0.39 is 11.4 Å². The van der Waals surface area contributed by atoms with Crippen LogP contribution in [0.1, 0.15) is 164 Å². The highest BCUT2D eigenvalue weighted by Gasteiger charge is 2.37. The second kappa shape index (κ2) is 25.8. The van der Waals surface area contributed by atoms with Crippen molar-refractivity contribution in [2.24, 2.45) is 11.3 Å². The molecule has 248 valence electrons. The fourth-order valence-electron chi connectivity index (χ4n) is 4.61. The fraction of sp³-hybridized carbons (Fsp3) is 0.914. The van der Waals surface area contributed by atoms with Gasteiger partial charge >= 0.3 is 17.9 Å². The zero-order chi connectivity index (χ0) is 31.6. The Kier molecular flexibility index (Phi) is 24.8. The lowest BCUT2D eigenvalue weighted by atomic mass is 9.93. The number of ether oxygens (including phenoxy) is 4. The predicted octanol–water partition coefficient (Wildman–Crippen LogP) is 9.13. The molecule has 0 bridgehead atoms. The highest BCUT2D eigenvalue weighted by Crippen LogP contribution is 2.22. The van der Waals surface area contributed by atoms with Gasteiger partial charge < -0.3 is 18.9 Å². The van der Waals surface area contributed by atoms with E-state index in [0.717, 1.165) is 32.1 Å². The Hall–Kier alpha value is -1.63. The summed E-state index contributed by atoms with van der Waals surface area (Å²) in [5.41, 5.74) is -1.07. The normalized spacial score (nSPS) is 13.0. The van der Waals surface area contributed by atoms with Gasteiger partial charge in [0.15, 0.2) is 0 Å². The second-order valence-electron chi connectivity index (χ2n) is 12.9. The molecule has 7 heteroatoms. The van der Waals surface area contributed by atoms with E-state index >= 15 is 0 Å². The van der Waals surface area contributed by atoms with Crippen molar-refractivity contribution in [1.82, 2.24) is 0 Å². The third-order valence-corrected chi connectivity index (χ3v) is 7.55. The minimum atomic E-state index is -1.07. The number of rotatable bonds is 28. The van der Waals surface area contributed by atoms with Gasteiger partial charge in [-0.15, -0.1) is 0 Å². The minimum Gasteiger partial charge on any atom is -0.465 e. The molecular weight excluding hydrogens is 532 g/mol. The van der Waals surface area contributed by atoms with Crippen molar-refractivity contribution >= 4 is 17.9 Å². The largest absolute Gasteiger partial charge is 0.465 e. The topological polar surface area (TPSA) is 88.1 Å². The molecule has 42 heavy (non-hydrogen) atoms. The van der Waals surface area contributed by atoms with Crippen LogP contribution in [0.25, 0.3) is 0 Å². The summed E-state index contributed by atoms with van der Waals surface area (Å²) in [6.45, 7) is 13.7. The second-order valence-corrected chi connectivity index (χ2v) is 12.9. The van der Waals surface area contributed by atoms with E-state index in [1.54, 1.807) is 20.8 Å². The molecule has 0 amide bonds. The smallest absolute Gasteiger partial charge is 0.317 e. The van der Waals surface area contributed by atoms with E-state index in [2.05, 4.69) is 13.8 Å². The molecular formula is C35H66O7. The number of carbonyl (C=O) groups is 3. The molecule has 0 heterocycles. The SMILES string of the molecule is CCCCCCCCC(CCCCCCCC)OC(=O)CCCCCOC(=O)C(C)(COC(=O)C(C)C)COC(C)C. The Morgan fingerprint density at radius 3 is 1.69 bits per heavy atom. The van der Waals surface area contributed by atoms with Gasteiger partial charge in [-0.3, -0.25) is 14.4 Å². The Bertz CT molecular complexity index is 675. The van der Waals surface area contributed by atoms with Crippen LogP contribution in [0.15, 0.2) is 0 Å². The van der Waals surface area contributed by atoms with Crippen LogP contribution in [-0.4, -0.2) is 49.9 Å². The summed E-state index contributed by atoms with van der Waals surface area (Å²) in [6.07, 6.45) is 19.3. The molecule has 0 radical (unpaired) electrons. The first kappa shape index (κ1) is 40.4. The predicted molar refractivity (Wildman–Crippen MR) is 170 cm³/mol. The van der Waals surface area contributed by atoms with Gasteiger partial charge in [-0.25, -0.2) is 0 Å². The van der Waals surface area contributed by atoms with Gasteiger partial charge in [0.25, 0.3) is 0 Å².